The summed E-state index contributed by atoms with van der Waals surface area (Å²) in [5.41, 5.74) is 7.09. The zero-order chi connectivity index (χ0) is 14.5. The largest absolute Gasteiger partial charge is 0.484 e. The monoisotopic (exact) mass is 340 g/mol. The molecule has 0 radical (unpaired) electrons. The van der Waals surface area contributed by atoms with E-state index in [-0.39, 0.29) is 18.6 Å². The molecule has 0 spiro atoms. The van der Waals surface area contributed by atoms with Gasteiger partial charge in [0.05, 0.1) is 0 Å². The standard InChI is InChI=1S/C15H21BrN2O2/c1-2-11(17)7-10-8-13(5-6-14(10)16)20-9-15(19)18-12-3-4-12/h5-6,8,11-12H,2-4,7,9,17H2,1H3,(H,18,19). The summed E-state index contributed by atoms with van der Waals surface area (Å²) in [4.78, 5) is 11.6. The Hall–Kier alpha value is -1.07. The van der Waals surface area contributed by atoms with E-state index in [2.05, 4.69) is 28.2 Å². The molecule has 2 rings (SSSR count). The second-order valence-electron chi connectivity index (χ2n) is 5.26. The summed E-state index contributed by atoms with van der Waals surface area (Å²) in [6.45, 7) is 2.14. The lowest BCUT2D eigenvalue weighted by atomic mass is 10.0. The first kappa shape index (κ1) is 15.3. The van der Waals surface area contributed by atoms with Gasteiger partial charge in [0.25, 0.3) is 5.91 Å². The van der Waals surface area contributed by atoms with Gasteiger partial charge in [-0.05, 0) is 49.4 Å². The third-order valence-electron chi connectivity index (χ3n) is 3.34. The van der Waals surface area contributed by atoms with E-state index >= 15 is 0 Å². The molecule has 1 fully saturated rings. The van der Waals surface area contributed by atoms with Crippen LogP contribution in [0.1, 0.15) is 31.7 Å². The number of hydrogen-bond donors (Lipinski definition) is 2. The molecule has 1 amide bonds. The molecule has 3 N–H and O–H groups in total. The number of rotatable bonds is 7. The Morgan fingerprint density at radius 3 is 2.95 bits per heavy atom. The van der Waals surface area contributed by atoms with Crippen LogP contribution in [0.5, 0.6) is 5.75 Å². The zero-order valence-electron chi connectivity index (χ0n) is 11.7. The van der Waals surface area contributed by atoms with Crippen LogP contribution in [0.15, 0.2) is 22.7 Å². The Morgan fingerprint density at radius 2 is 2.30 bits per heavy atom. The van der Waals surface area contributed by atoms with Crippen molar-refractivity contribution in [3.05, 3.63) is 28.2 Å². The van der Waals surface area contributed by atoms with E-state index in [0.29, 0.717) is 11.8 Å². The summed E-state index contributed by atoms with van der Waals surface area (Å²) in [6.07, 6.45) is 3.90. The van der Waals surface area contributed by atoms with Crippen molar-refractivity contribution < 1.29 is 9.53 Å². The molecule has 1 aromatic carbocycles. The highest BCUT2D eigenvalue weighted by molar-refractivity contribution is 9.10. The van der Waals surface area contributed by atoms with Crippen molar-refractivity contribution in [1.82, 2.24) is 5.32 Å². The van der Waals surface area contributed by atoms with Crippen LogP contribution < -0.4 is 15.8 Å². The normalized spacial score (nSPS) is 15.8. The maximum absolute atomic E-state index is 11.6. The van der Waals surface area contributed by atoms with Crippen molar-refractivity contribution in [1.29, 1.82) is 0 Å². The highest BCUT2D eigenvalue weighted by Gasteiger charge is 2.23. The molecule has 1 aliphatic rings. The Kier molecular flexibility index (Phi) is 5.43. The molecule has 0 heterocycles. The summed E-state index contributed by atoms with van der Waals surface area (Å²) in [5.74, 6) is 0.652. The van der Waals surface area contributed by atoms with Crippen LogP contribution in [-0.2, 0) is 11.2 Å². The van der Waals surface area contributed by atoms with E-state index in [9.17, 15) is 4.79 Å². The van der Waals surface area contributed by atoms with Crippen molar-refractivity contribution in [3.8, 4) is 5.75 Å². The fourth-order valence-electron chi connectivity index (χ4n) is 1.87. The fourth-order valence-corrected chi connectivity index (χ4v) is 2.28. The van der Waals surface area contributed by atoms with E-state index in [1.54, 1.807) is 0 Å². The van der Waals surface area contributed by atoms with E-state index < -0.39 is 0 Å². The first-order chi connectivity index (χ1) is 9.58. The van der Waals surface area contributed by atoms with Gasteiger partial charge in [0.15, 0.2) is 6.61 Å². The zero-order valence-corrected chi connectivity index (χ0v) is 13.3. The number of nitrogens with one attached hydrogen (secondary N) is 1. The molecule has 0 saturated heterocycles. The lowest BCUT2D eigenvalue weighted by Crippen LogP contribution is -2.30. The molecule has 0 aromatic heterocycles. The van der Waals surface area contributed by atoms with Crippen molar-refractivity contribution in [2.75, 3.05) is 6.61 Å². The highest BCUT2D eigenvalue weighted by Crippen LogP contribution is 2.24. The second kappa shape index (κ2) is 7.09. The van der Waals surface area contributed by atoms with Crippen LogP contribution in [0.2, 0.25) is 0 Å². The molecule has 5 heteroatoms. The lowest BCUT2D eigenvalue weighted by molar-refractivity contribution is -0.123. The molecule has 20 heavy (non-hydrogen) atoms. The van der Waals surface area contributed by atoms with Crippen molar-refractivity contribution in [2.45, 2.75) is 44.7 Å². The molecule has 1 aromatic rings. The molecule has 1 saturated carbocycles. The molecule has 1 atom stereocenters. The van der Waals surface area contributed by atoms with Crippen LogP contribution >= 0.6 is 15.9 Å². The predicted octanol–water partition coefficient (Wildman–Crippen LogP) is 2.39. The van der Waals surface area contributed by atoms with Gasteiger partial charge in [0.1, 0.15) is 5.75 Å². The summed E-state index contributed by atoms with van der Waals surface area (Å²) in [7, 11) is 0. The van der Waals surface area contributed by atoms with Crippen molar-refractivity contribution in [2.24, 2.45) is 5.73 Å². The number of ether oxygens (including phenoxy) is 1. The molecular formula is C15H21BrN2O2. The number of amides is 1. The van der Waals surface area contributed by atoms with Crippen LogP contribution in [0.4, 0.5) is 0 Å². The van der Waals surface area contributed by atoms with Gasteiger partial charge in [0, 0.05) is 16.6 Å². The maximum Gasteiger partial charge on any atom is 0.258 e. The van der Waals surface area contributed by atoms with Gasteiger partial charge in [-0.1, -0.05) is 22.9 Å². The van der Waals surface area contributed by atoms with Gasteiger partial charge in [-0.3, -0.25) is 4.79 Å². The number of hydrogen-bond acceptors (Lipinski definition) is 3. The Labute approximate surface area is 128 Å². The molecule has 1 unspecified atom stereocenters. The summed E-state index contributed by atoms with van der Waals surface area (Å²) in [5, 5.41) is 2.90. The quantitative estimate of drug-likeness (QED) is 0.800. The van der Waals surface area contributed by atoms with Crippen LogP contribution in [-0.4, -0.2) is 24.6 Å². The third kappa shape index (κ3) is 4.80. The van der Waals surface area contributed by atoms with E-state index in [0.717, 1.165) is 35.7 Å². The van der Waals surface area contributed by atoms with Crippen LogP contribution in [0.25, 0.3) is 0 Å². The van der Waals surface area contributed by atoms with E-state index in [1.807, 2.05) is 18.2 Å². The van der Waals surface area contributed by atoms with Crippen LogP contribution in [0, 0.1) is 0 Å². The van der Waals surface area contributed by atoms with E-state index in [1.165, 1.54) is 0 Å². The number of carbonyl (C=O) groups excluding carboxylic acids is 1. The Balaban J connectivity index is 1.90. The van der Waals surface area contributed by atoms with Crippen molar-refractivity contribution >= 4 is 21.8 Å². The number of nitrogens with two attached hydrogens (primary N) is 1. The first-order valence-electron chi connectivity index (χ1n) is 7.04. The Morgan fingerprint density at radius 1 is 1.55 bits per heavy atom. The van der Waals surface area contributed by atoms with Gasteiger partial charge in [-0.2, -0.15) is 0 Å². The maximum atomic E-state index is 11.6. The number of halogens is 1. The SMILES string of the molecule is CCC(N)Cc1cc(OCC(=O)NC2CC2)ccc1Br. The second-order valence-corrected chi connectivity index (χ2v) is 6.11. The van der Waals surface area contributed by atoms with Gasteiger partial charge in [-0.15, -0.1) is 0 Å². The topological polar surface area (TPSA) is 64.3 Å². The first-order valence-corrected chi connectivity index (χ1v) is 7.84. The average molecular weight is 341 g/mol. The molecule has 110 valence electrons. The molecular weight excluding hydrogens is 320 g/mol. The summed E-state index contributed by atoms with van der Waals surface area (Å²) in [6, 6.07) is 6.25. The third-order valence-corrected chi connectivity index (χ3v) is 4.11. The van der Waals surface area contributed by atoms with Gasteiger partial charge >= 0.3 is 0 Å². The molecule has 1 aliphatic carbocycles. The minimum atomic E-state index is -0.0535. The van der Waals surface area contributed by atoms with Gasteiger partial charge in [0.2, 0.25) is 0 Å². The van der Waals surface area contributed by atoms with Crippen molar-refractivity contribution in [3.63, 3.8) is 0 Å². The Bertz CT molecular complexity index is 475. The highest BCUT2D eigenvalue weighted by atomic mass is 79.9. The number of benzene rings is 1. The van der Waals surface area contributed by atoms with Crippen LogP contribution in [0.3, 0.4) is 0 Å². The summed E-state index contributed by atoms with van der Waals surface area (Å²) < 4.78 is 6.56. The van der Waals surface area contributed by atoms with Gasteiger partial charge in [-0.25, -0.2) is 0 Å². The summed E-state index contributed by atoms with van der Waals surface area (Å²) >= 11 is 3.52. The minimum Gasteiger partial charge on any atom is -0.484 e. The lowest BCUT2D eigenvalue weighted by Gasteiger charge is -2.13. The predicted molar refractivity (Wildman–Crippen MR) is 82.8 cm³/mol. The fraction of sp³-hybridized carbons (Fsp3) is 0.533. The average Bonchev–Trinajstić information content (AvgIpc) is 3.23. The molecule has 0 aliphatic heterocycles. The molecule has 0 bridgehead atoms. The van der Waals surface area contributed by atoms with Gasteiger partial charge < -0.3 is 15.8 Å². The minimum absolute atomic E-state index is 0.0535. The molecule has 4 nitrogen and oxygen atoms in total. The smallest absolute Gasteiger partial charge is 0.258 e. The number of carbonyl (C=O) groups is 1. The van der Waals surface area contributed by atoms with E-state index in [4.69, 9.17) is 10.5 Å².